The molecule has 1 saturated carbocycles. The molecule has 7 rings (SSSR count). The van der Waals surface area contributed by atoms with Crippen LogP contribution in [0.1, 0.15) is 44.7 Å². The van der Waals surface area contributed by atoms with Gasteiger partial charge in [-0.1, -0.05) is 11.8 Å². The quantitative estimate of drug-likeness (QED) is 0.637. The number of aromatic nitrogens is 3. The number of ether oxygens (including phenoxy) is 2. The van der Waals surface area contributed by atoms with Crippen LogP contribution in [0.15, 0.2) is 28.4 Å². The molecule has 0 bridgehead atoms. The first-order valence-electron chi connectivity index (χ1n) is 13.1. The van der Waals surface area contributed by atoms with Crippen LogP contribution in [-0.2, 0) is 11.3 Å². The molecule has 3 atom stereocenters. The van der Waals surface area contributed by atoms with Gasteiger partial charge in [0.1, 0.15) is 17.3 Å². The van der Waals surface area contributed by atoms with Gasteiger partial charge in [-0.05, 0) is 50.5 Å². The minimum atomic E-state index is -0.152. The number of nitrogens with zero attached hydrogens (tertiary/aromatic N) is 5. The summed E-state index contributed by atoms with van der Waals surface area (Å²) in [5.74, 6) is 2.57. The molecule has 9 nitrogen and oxygen atoms in total. The summed E-state index contributed by atoms with van der Waals surface area (Å²) in [7, 11) is 0. The Morgan fingerprint density at radius 1 is 1.19 bits per heavy atom. The van der Waals surface area contributed by atoms with Crippen molar-refractivity contribution >= 4 is 23.4 Å². The minimum Gasteiger partial charge on any atom is -0.486 e. The number of anilines is 2. The minimum absolute atomic E-state index is 0.0481. The molecule has 5 aliphatic rings. The maximum absolute atomic E-state index is 10.2. The standard InChI is InChI=1S/C26H34N6O3S/c1-16-22(27)26(15-35-16)5-8-31(9-6-26)23-18(12-33)30-20(11-29-23)36-19-2-7-28-24-21(19)34-13-17-10-25(3-4-25)14-32(17)24/h2,7,11,16-17,22,33H,3-6,8-10,12-15,27H2,1H3/t16-,17?,22+/m0/s1. The normalized spacial score (nSPS) is 29.4. The Morgan fingerprint density at radius 2 is 2.03 bits per heavy atom. The lowest BCUT2D eigenvalue weighted by molar-refractivity contribution is 0.0973. The van der Waals surface area contributed by atoms with Gasteiger partial charge in [-0.2, -0.15) is 0 Å². The Kier molecular flexibility index (Phi) is 5.40. The number of piperidine rings is 1. The summed E-state index contributed by atoms with van der Waals surface area (Å²) in [5.41, 5.74) is 7.64. The maximum atomic E-state index is 10.2. The zero-order valence-electron chi connectivity index (χ0n) is 20.7. The van der Waals surface area contributed by atoms with E-state index in [9.17, 15) is 5.11 Å². The first kappa shape index (κ1) is 23.0. The first-order valence-corrected chi connectivity index (χ1v) is 14.0. The van der Waals surface area contributed by atoms with Crippen molar-refractivity contribution in [2.75, 3.05) is 42.6 Å². The maximum Gasteiger partial charge on any atom is 0.175 e. The van der Waals surface area contributed by atoms with Crippen LogP contribution in [0, 0.1) is 10.8 Å². The molecule has 4 fully saturated rings. The molecule has 3 N–H and O–H groups in total. The average molecular weight is 511 g/mol. The van der Waals surface area contributed by atoms with Crippen LogP contribution in [0.25, 0.3) is 0 Å². The smallest absolute Gasteiger partial charge is 0.175 e. The molecule has 0 amide bonds. The number of aliphatic hydroxyl groups excluding tert-OH is 1. The zero-order chi connectivity index (χ0) is 24.5. The van der Waals surface area contributed by atoms with Crippen LogP contribution in [0.2, 0.25) is 0 Å². The van der Waals surface area contributed by atoms with E-state index in [0.717, 1.165) is 66.4 Å². The molecule has 2 spiro atoms. The summed E-state index contributed by atoms with van der Waals surface area (Å²) >= 11 is 1.52. The number of hydrogen-bond donors (Lipinski definition) is 2. The Bertz CT molecular complexity index is 1170. The molecule has 192 valence electrons. The van der Waals surface area contributed by atoms with Gasteiger partial charge in [0.2, 0.25) is 0 Å². The van der Waals surface area contributed by atoms with Crippen molar-refractivity contribution in [1.82, 2.24) is 15.0 Å². The molecule has 6 heterocycles. The first-order chi connectivity index (χ1) is 17.5. The lowest BCUT2D eigenvalue weighted by atomic mass is 9.73. The molecule has 10 heteroatoms. The lowest BCUT2D eigenvalue weighted by Gasteiger charge is -2.41. The second kappa shape index (κ2) is 8.44. The SMILES string of the molecule is C[C@@H]1OCC2(CCN(c3ncc(Sc4ccnc5c4OCC4CC6(CC6)CN54)nc3CO)CC2)[C@@H]1N. The molecule has 2 aromatic heterocycles. The third-order valence-electron chi connectivity index (χ3n) is 9.18. The second-order valence-electron chi connectivity index (χ2n) is 11.4. The Balaban J connectivity index is 1.09. The molecular formula is C26H34N6O3S. The molecule has 4 aliphatic heterocycles. The highest BCUT2D eigenvalue weighted by molar-refractivity contribution is 7.99. The van der Waals surface area contributed by atoms with Crippen LogP contribution in [0.3, 0.4) is 0 Å². The van der Waals surface area contributed by atoms with E-state index < -0.39 is 0 Å². The van der Waals surface area contributed by atoms with Crippen molar-refractivity contribution in [1.29, 1.82) is 0 Å². The summed E-state index contributed by atoms with van der Waals surface area (Å²) in [4.78, 5) is 19.9. The number of fused-ring (bicyclic) bond motifs is 3. The zero-order valence-corrected chi connectivity index (χ0v) is 21.5. The van der Waals surface area contributed by atoms with Crippen molar-refractivity contribution in [3.05, 3.63) is 24.2 Å². The Hall–Kier alpha value is -2.14. The van der Waals surface area contributed by atoms with Gasteiger partial charge in [-0.25, -0.2) is 15.0 Å². The third-order valence-corrected chi connectivity index (χ3v) is 10.1. The highest BCUT2D eigenvalue weighted by Crippen LogP contribution is 2.57. The number of pyridine rings is 1. The molecule has 36 heavy (non-hydrogen) atoms. The number of nitrogens with two attached hydrogens (primary N) is 1. The predicted molar refractivity (Wildman–Crippen MR) is 136 cm³/mol. The van der Waals surface area contributed by atoms with Crippen LogP contribution < -0.4 is 20.3 Å². The van der Waals surface area contributed by atoms with Gasteiger partial charge in [0.05, 0.1) is 36.5 Å². The molecule has 0 radical (unpaired) electrons. The van der Waals surface area contributed by atoms with E-state index in [2.05, 4.69) is 16.7 Å². The molecule has 2 aromatic rings. The van der Waals surface area contributed by atoms with Gasteiger partial charge in [-0.3, -0.25) is 0 Å². The van der Waals surface area contributed by atoms with Gasteiger partial charge in [0, 0.05) is 37.3 Å². The highest BCUT2D eigenvalue weighted by Gasteiger charge is 2.54. The lowest BCUT2D eigenvalue weighted by Crippen LogP contribution is -2.51. The topological polar surface area (TPSA) is 110 Å². The van der Waals surface area contributed by atoms with Gasteiger partial charge < -0.3 is 30.1 Å². The van der Waals surface area contributed by atoms with Crippen LogP contribution >= 0.6 is 11.8 Å². The van der Waals surface area contributed by atoms with Crippen molar-refractivity contribution < 1.29 is 14.6 Å². The fraction of sp³-hybridized carbons (Fsp3) is 0.654. The third kappa shape index (κ3) is 3.68. The number of hydrogen-bond acceptors (Lipinski definition) is 10. The van der Waals surface area contributed by atoms with E-state index in [4.69, 9.17) is 30.2 Å². The van der Waals surface area contributed by atoms with E-state index >= 15 is 0 Å². The van der Waals surface area contributed by atoms with Gasteiger partial charge in [-0.15, -0.1) is 0 Å². The van der Waals surface area contributed by atoms with Crippen molar-refractivity contribution in [2.24, 2.45) is 16.6 Å². The Labute approximate surface area is 215 Å². The monoisotopic (exact) mass is 510 g/mol. The van der Waals surface area contributed by atoms with E-state index in [1.807, 2.05) is 18.5 Å². The van der Waals surface area contributed by atoms with Gasteiger partial charge in [0.25, 0.3) is 0 Å². The largest absolute Gasteiger partial charge is 0.486 e. The van der Waals surface area contributed by atoms with Crippen molar-refractivity contribution in [3.8, 4) is 5.75 Å². The summed E-state index contributed by atoms with van der Waals surface area (Å²) < 4.78 is 12.1. The van der Waals surface area contributed by atoms with Crippen LogP contribution in [0.5, 0.6) is 5.75 Å². The van der Waals surface area contributed by atoms with Crippen LogP contribution in [-0.4, -0.2) is 71.1 Å². The molecule has 1 aliphatic carbocycles. The summed E-state index contributed by atoms with van der Waals surface area (Å²) in [6, 6.07) is 2.49. The second-order valence-corrected chi connectivity index (χ2v) is 12.5. The predicted octanol–water partition coefficient (Wildman–Crippen LogP) is 2.60. The number of rotatable bonds is 4. The van der Waals surface area contributed by atoms with Gasteiger partial charge in [0.15, 0.2) is 17.4 Å². The van der Waals surface area contributed by atoms with Crippen molar-refractivity contribution in [3.63, 3.8) is 0 Å². The van der Waals surface area contributed by atoms with E-state index in [1.165, 1.54) is 31.0 Å². The van der Waals surface area contributed by atoms with E-state index in [1.54, 1.807) is 0 Å². The van der Waals surface area contributed by atoms with Crippen molar-refractivity contribution in [2.45, 2.75) is 73.7 Å². The van der Waals surface area contributed by atoms with E-state index in [-0.39, 0.29) is 24.2 Å². The average Bonchev–Trinajstić information content (AvgIpc) is 3.46. The van der Waals surface area contributed by atoms with Crippen LogP contribution in [0.4, 0.5) is 11.6 Å². The highest BCUT2D eigenvalue weighted by atomic mass is 32.2. The summed E-state index contributed by atoms with van der Waals surface area (Å²) in [6.07, 6.45) is 9.57. The van der Waals surface area contributed by atoms with E-state index in [0.29, 0.717) is 23.8 Å². The Morgan fingerprint density at radius 3 is 2.75 bits per heavy atom. The fourth-order valence-electron chi connectivity index (χ4n) is 6.69. The summed E-state index contributed by atoms with van der Waals surface area (Å²) in [5, 5.41) is 10.9. The van der Waals surface area contributed by atoms with Gasteiger partial charge >= 0.3 is 0 Å². The molecular weight excluding hydrogens is 476 g/mol. The molecule has 3 saturated heterocycles. The molecule has 0 aromatic carbocycles. The fourth-order valence-corrected chi connectivity index (χ4v) is 7.55. The molecule has 1 unspecified atom stereocenters. The summed E-state index contributed by atoms with van der Waals surface area (Å²) in [6.45, 7) is 6.12. The number of aliphatic hydroxyl groups is 1.